The number of hydrogen-bond donors (Lipinski definition) is 0. The van der Waals surface area contributed by atoms with Gasteiger partial charge in [0.25, 0.3) is 5.91 Å². The molecule has 3 fully saturated rings. The summed E-state index contributed by atoms with van der Waals surface area (Å²) in [6.07, 6.45) is 10.5. The van der Waals surface area contributed by atoms with Crippen LogP contribution in [0.25, 0.3) is 0 Å². The highest BCUT2D eigenvalue weighted by Crippen LogP contribution is 2.45. The summed E-state index contributed by atoms with van der Waals surface area (Å²) >= 11 is 0. The van der Waals surface area contributed by atoms with Crippen LogP contribution in [0.2, 0.25) is 0 Å². The summed E-state index contributed by atoms with van der Waals surface area (Å²) in [4.78, 5) is 32.8. The summed E-state index contributed by atoms with van der Waals surface area (Å²) in [5, 5.41) is 0. The molecule has 164 valence electrons. The number of carbonyl (C=O) groups excluding carboxylic acids is 2. The number of benzene rings is 1. The highest BCUT2D eigenvalue weighted by atomic mass is 16.2. The summed E-state index contributed by atoms with van der Waals surface area (Å²) in [5.74, 6) is 1.59. The van der Waals surface area contributed by atoms with Gasteiger partial charge in [0.15, 0.2) is 0 Å². The molecule has 3 saturated heterocycles. The van der Waals surface area contributed by atoms with Crippen molar-refractivity contribution in [3.63, 3.8) is 0 Å². The molecule has 5 aliphatic rings. The standard InChI is InChI=1S/C26H33N3O2/c30-24(10-13-28-16-19-6-1-2-8-22(19)26(28)31)29-12-5-7-18-14-20-15-21(25(18)29)17-27-11-4-3-9-23(20)27/h1-2,6,8,14,20-21,23,25H,3-5,7,9-13,15-17H2/t20-,21+,23?,25?/m1/s1. The first-order chi connectivity index (χ1) is 15.2. The maximum absolute atomic E-state index is 13.4. The second-order valence-electron chi connectivity index (χ2n) is 10.2. The topological polar surface area (TPSA) is 43.9 Å². The van der Waals surface area contributed by atoms with Gasteiger partial charge in [-0.05, 0) is 62.1 Å². The molecule has 2 bridgehead atoms. The first kappa shape index (κ1) is 19.5. The Bertz CT molecular complexity index is 925. The van der Waals surface area contributed by atoms with Crippen molar-refractivity contribution in [2.45, 2.75) is 63.6 Å². The van der Waals surface area contributed by atoms with Crippen LogP contribution in [0.3, 0.4) is 0 Å². The van der Waals surface area contributed by atoms with Crippen LogP contribution in [0.1, 0.15) is 60.9 Å². The van der Waals surface area contributed by atoms with Crippen LogP contribution < -0.4 is 0 Å². The summed E-state index contributed by atoms with van der Waals surface area (Å²) in [7, 11) is 0. The monoisotopic (exact) mass is 419 g/mol. The largest absolute Gasteiger partial charge is 0.336 e. The first-order valence-corrected chi connectivity index (χ1v) is 12.3. The second kappa shape index (κ2) is 7.77. The lowest BCUT2D eigenvalue weighted by Crippen LogP contribution is -2.60. The van der Waals surface area contributed by atoms with Crippen LogP contribution in [-0.2, 0) is 11.3 Å². The molecule has 0 radical (unpaired) electrons. The van der Waals surface area contributed by atoms with Crippen LogP contribution >= 0.6 is 0 Å². The molecule has 1 aliphatic carbocycles. The normalized spacial score (nSPS) is 32.3. The number of rotatable bonds is 3. The Morgan fingerprint density at radius 2 is 2.00 bits per heavy atom. The van der Waals surface area contributed by atoms with Crippen LogP contribution in [0, 0.1) is 11.8 Å². The van der Waals surface area contributed by atoms with Crippen LogP contribution in [0.15, 0.2) is 35.9 Å². The van der Waals surface area contributed by atoms with Crippen molar-refractivity contribution >= 4 is 11.8 Å². The third-order valence-corrected chi connectivity index (χ3v) is 8.47. The van der Waals surface area contributed by atoms with E-state index in [0.717, 1.165) is 43.1 Å². The van der Waals surface area contributed by atoms with E-state index in [4.69, 9.17) is 0 Å². The van der Waals surface area contributed by atoms with E-state index in [-0.39, 0.29) is 11.8 Å². The molecule has 1 aromatic carbocycles. The molecule has 6 rings (SSSR count). The van der Waals surface area contributed by atoms with Gasteiger partial charge >= 0.3 is 0 Å². The van der Waals surface area contributed by atoms with Crippen LogP contribution in [0.5, 0.6) is 0 Å². The van der Waals surface area contributed by atoms with Gasteiger partial charge in [0.1, 0.15) is 0 Å². The predicted molar refractivity (Wildman–Crippen MR) is 119 cm³/mol. The Balaban J connectivity index is 1.15. The molecule has 0 spiro atoms. The summed E-state index contributed by atoms with van der Waals surface area (Å²) in [6.45, 7) is 4.43. The Kier molecular flexibility index (Phi) is 4.90. The number of nitrogens with zero attached hydrogens (tertiary/aromatic N) is 3. The van der Waals surface area contributed by atoms with Gasteiger partial charge in [-0.15, -0.1) is 0 Å². The molecule has 4 heterocycles. The molecular weight excluding hydrogens is 386 g/mol. The number of hydrogen-bond acceptors (Lipinski definition) is 3. The molecule has 4 aliphatic heterocycles. The molecule has 5 heteroatoms. The number of likely N-dealkylation sites (tertiary alicyclic amines) is 1. The summed E-state index contributed by atoms with van der Waals surface area (Å²) in [5.41, 5.74) is 3.42. The average molecular weight is 420 g/mol. The fourth-order valence-electron chi connectivity index (χ4n) is 7.12. The predicted octanol–water partition coefficient (Wildman–Crippen LogP) is 3.45. The van der Waals surface area contributed by atoms with E-state index < -0.39 is 0 Å². The lowest BCUT2D eigenvalue weighted by molar-refractivity contribution is -0.136. The fraction of sp³-hybridized carbons (Fsp3) is 0.615. The summed E-state index contributed by atoms with van der Waals surface area (Å²) in [6, 6.07) is 8.86. The van der Waals surface area contributed by atoms with Gasteiger partial charge in [-0.25, -0.2) is 0 Å². The van der Waals surface area contributed by atoms with E-state index in [1.165, 1.54) is 37.8 Å². The van der Waals surface area contributed by atoms with Crippen LogP contribution in [0.4, 0.5) is 0 Å². The number of amides is 2. The highest BCUT2D eigenvalue weighted by Gasteiger charge is 2.46. The molecule has 1 aromatic rings. The van der Waals surface area contributed by atoms with E-state index in [0.29, 0.717) is 37.4 Å². The zero-order valence-corrected chi connectivity index (χ0v) is 18.3. The lowest BCUT2D eigenvalue weighted by atomic mass is 9.68. The van der Waals surface area contributed by atoms with Gasteiger partial charge < -0.3 is 9.80 Å². The quantitative estimate of drug-likeness (QED) is 0.705. The maximum atomic E-state index is 13.4. The van der Waals surface area contributed by atoms with E-state index in [2.05, 4.69) is 15.9 Å². The minimum absolute atomic E-state index is 0.0755. The minimum atomic E-state index is 0.0755. The molecular formula is C26H33N3O2. The molecule has 0 N–H and O–H groups in total. The minimum Gasteiger partial charge on any atom is -0.336 e. The van der Waals surface area contributed by atoms with Gasteiger partial charge in [-0.1, -0.05) is 36.3 Å². The van der Waals surface area contributed by atoms with Gasteiger partial charge in [0, 0.05) is 44.2 Å². The van der Waals surface area contributed by atoms with E-state index in [1.807, 2.05) is 29.2 Å². The molecule has 31 heavy (non-hydrogen) atoms. The Labute approximate surface area is 185 Å². The molecule has 4 atom stereocenters. The Hall–Kier alpha value is -2.14. The third kappa shape index (κ3) is 3.32. The second-order valence-corrected chi connectivity index (χ2v) is 10.2. The first-order valence-electron chi connectivity index (χ1n) is 12.3. The van der Waals surface area contributed by atoms with Crippen molar-refractivity contribution in [1.29, 1.82) is 0 Å². The van der Waals surface area contributed by atoms with E-state index >= 15 is 0 Å². The Morgan fingerprint density at radius 1 is 1.10 bits per heavy atom. The zero-order valence-electron chi connectivity index (χ0n) is 18.3. The van der Waals surface area contributed by atoms with Gasteiger partial charge in [-0.2, -0.15) is 0 Å². The third-order valence-electron chi connectivity index (χ3n) is 8.47. The van der Waals surface area contributed by atoms with Crippen molar-refractivity contribution in [2.24, 2.45) is 11.8 Å². The SMILES string of the molecule is O=C1c2ccccc2CN1CCC(=O)N1CCCC2=C[C@@H]3C[C@@H](CN4CCCCC34)C21. The van der Waals surface area contributed by atoms with Crippen molar-refractivity contribution in [2.75, 3.05) is 26.2 Å². The number of carbonyl (C=O) groups is 2. The van der Waals surface area contributed by atoms with Crippen molar-refractivity contribution in [3.8, 4) is 0 Å². The van der Waals surface area contributed by atoms with Crippen molar-refractivity contribution in [3.05, 3.63) is 47.0 Å². The van der Waals surface area contributed by atoms with Gasteiger partial charge in [-0.3, -0.25) is 14.5 Å². The zero-order chi connectivity index (χ0) is 20.9. The van der Waals surface area contributed by atoms with Crippen molar-refractivity contribution in [1.82, 2.24) is 14.7 Å². The number of fused-ring (bicyclic) bond motifs is 7. The summed E-state index contributed by atoms with van der Waals surface area (Å²) < 4.78 is 0. The number of piperidine rings is 3. The molecule has 2 amide bonds. The van der Waals surface area contributed by atoms with E-state index in [1.54, 1.807) is 0 Å². The van der Waals surface area contributed by atoms with Crippen molar-refractivity contribution < 1.29 is 9.59 Å². The van der Waals surface area contributed by atoms with Gasteiger partial charge in [0.2, 0.25) is 5.91 Å². The average Bonchev–Trinajstić information content (AvgIpc) is 3.13. The Morgan fingerprint density at radius 3 is 2.90 bits per heavy atom. The van der Waals surface area contributed by atoms with Crippen LogP contribution in [-0.4, -0.2) is 64.8 Å². The maximum Gasteiger partial charge on any atom is 0.254 e. The molecule has 0 saturated carbocycles. The fourth-order valence-corrected chi connectivity index (χ4v) is 7.12. The molecule has 0 aromatic heterocycles. The van der Waals surface area contributed by atoms with E-state index in [9.17, 15) is 9.59 Å². The molecule has 5 nitrogen and oxygen atoms in total. The molecule has 2 unspecified atom stereocenters. The smallest absolute Gasteiger partial charge is 0.254 e. The van der Waals surface area contributed by atoms with Gasteiger partial charge in [0.05, 0.1) is 6.04 Å². The highest BCUT2D eigenvalue weighted by molar-refractivity contribution is 5.98. The lowest BCUT2D eigenvalue weighted by Gasteiger charge is -2.54.